The van der Waals surface area contributed by atoms with Crippen LogP contribution in [0.15, 0.2) is 64.6 Å². The van der Waals surface area contributed by atoms with E-state index < -0.39 is 15.8 Å². The van der Waals surface area contributed by atoms with Crippen molar-refractivity contribution in [2.24, 2.45) is 5.10 Å². The number of hydrazone groups is 1. The molecule has 0 aromatic heterocycles. The number of sulfonamides is 1. The van der Waals surface area contributed by atoms with Gasteiger partial charge in [0.2, 0.25) is 0 Å². The Morgan fingerprint density at radius 3 is 2.24 bits per heavy atom. The lowest BCUT2D eigenvalue weighted by molar-refractivity contribution is 0.490. The normalized spacial score (nSPS) is 12.2. The van der Waals surface area contributed by atoms with Gasteiger partial charge in [-0.15, -0.1) is 5.10 Å². The van der Waals surface area contributed by atoms with Crippen LogP contribution < -0.4 is 0 Å². The first-order chi connectivity index (χ1) is 9.91. The van der Waals surface area contributed by atoms with Crippen LogP contribution in [0, 0.1) is 5.82 Å². The van der Waals surface area contributed by atoms with Crippen molar-refractivity contribution in [3.63, 3.8) is 0 Å². The van der Waals surface area contributed by atoms with Gasteiger partial charge in [0.15, 0.2) is 5.17 Å². The van der Waals surface area contributed by atoms with Gasteiger partial charge in [0.25, 0.3) is 10.0 Å². The van der Waals surface area contributed by atoms with Crippen molar-refractivity contribution in [1.82, 2.24) is 4.41 Å². The summed E-state index contributed by atoms with van der Waals surface area (Å²) in [4.78, 5) is 0.111. The third kappa shape index (κ3) is 3.59. The summed E-state index contributed by atoms with van der Waals surface area (Å²) in [5, 5.41) is 3.79. The predicted octanol–water partition coefficient (Wildman–Crippen LogP) is 3.05. The fraction of sp³-hybridized carbons (Fsp3) is 0.0714. The van der Waals surface area contributed by atoms with Crippen LogP contribution >= 0.6 is 11.6 Å². The van der Waals surface area contributed by atoms with E-state index in [4.69, 9.17) is 11.6 Å². The highest BCUT2D eigenvalue weighted by Crippen LogP contribution is 2.15. The fourth-order valence-electron chi connectivity index (χ4n) is 1.57. The molecule has 21 heavy (non-hydrogen) atoms. The van der Waals surface area contributed by atoms with E-state index in [-0.39, 0.29) is 10.1 Å². The van der Waals surface area contributed by atoms with Crippen LogP contribution in [0.2, 0.25) is 0 Å². The molecule has 0 N–H and O–H groups in total. The van der Waals surface area contributed by atoms with E-state index in [2.05, 4.69) is 5.10 Å². The van der Waals surface area contributed by atoms with Gasteiger partial charge in [0, 0.05) is 12.6 Å². The summed E-state index contributed by atoms with van der Waals surface area (Å²) in [5.74, 6) is -0.409. The average molecular weight is 327 g/mol. The smallest absolute Gasteiger partial charge is 0.207 e. The molecule has 2 aromatic rings. The molecule has 110 valence electrons. The molecule has 0 amide bonds. The Morgan fingerprint density at radius 2 is 1.67 bits per heavy atom. The van der Waals surface area contributed by atoms with E-state index in [0.717, 1.165) is 4.41 Å². The van der Waals surface area contributed by atoms with Gasteiger partial charge >= 0.3 is 0 Å². The highest BCUT2D eigenvalue weighted by molar-refractivity contribution is 7.89. The number of hydrogen-bond acceptors (Lipinski definition) is 3. The van der Waals surface area contributed by atoms with E-state index in [9.17, 15) is 12.8 Å². The molecule has 4 nitrogen and oxygen atoms in total. The van der Waals surface area contributed by atoms with E-state index >= 15 is 0 Å². The summed E-state index contributed by atoms with van der Waals surface area (Å²) in [6.45, 7) is 0. The largest absolute Gasteiger partial charge is 0.278 e. The lowest BCUT2D eigenvalue weighted by Crippen LogP contribution is -2.22. The lowest BCUT2D eigenvalue weighted by Gasteiger charge is -2.14. The van der Waals surface area contributed by atoms with Gasteiger partial charge in [-0.05, 0) is 36.4 Å². The minimum absolute atomic E-state index is 0.0444. The van der Waals surface area contributed by atoms with Crippen molar-refractivity contribution in [3.05, 3.63) is 66.0 Å². The van der Waals surface area contributed by atoms with E-state index in [0.29, 0.717) is 5.56 Å². The first-order valence-electron chi connectivity index (χ1n) is 5.95. The Morgan fingerprint density at radius 1 is 1.10 bits per heavy atom. The minimum Gasteiger partial charge on any atom is -0.207 e. The SMILES string of the molecule is CN(/N=C(/Cl)c1ccc(F)cc1)S(=O)(=O)c1ccccc1. The van der Waals surface area contributed by atoms with Crippen LogP contribution in [0.3, 0.4) is 0 Å². The molecule has 7 heteroatoms. The van der Waals surface area contributed by atoms with Crippen molar-refractivity contribution in [2.45, 2.75) is 4.90 Å². The zero-order valence-electron chi connectivity index (χ0n) is 11.1. The first kappa shape index (κ1) is 15.5. The molecule has 0 spiro atoms. The fourth-order valence-corrected chi connectivity index (χ4v) is 2.85. The molecule has 0 unspecified atom stereocenters. The minimum atomic E-state index is -3.76. The van der Waals surface area contributed by atoms with Gasteiger partial charge < -0.3 is 0 Å². The second-order valence-corrected chi connectivity index (χ2v) is 6.46. The van der Waals surface area contributed by atoms with Gasteiger partial charge in [-0.2, -0.15) is 12.8 Å². The number of rotatable bonds is 4. The molecule has 0 radical (unpaired) electrons. The zero-order chi connectivity index (χ0) is 15.5. The summed E-state index contributed by atoms with van der Waals surface area (Å²) in [6.07, 6.45) is 0. The van der Waals surface area contributed by atoms with Crippen molar-refractivity contribution in [1.29, 1.82) is 0 Å². The van der Waals surface area contributed by atoms with Gasteiger partial charge in [0.05, 0.1) is 4.90 Å². The monoisotopic (exact) mass is 326 g/mol. The van der Waals surface area contributed by atoms with E-state index in [1.807, 2.05) is 0 Å². The van der Waals surface area contributed by atoms with Gasteiger partial charge in [-0.25, -0.2) is 4.39 Å². The highest BCUT2D eigenvalue weighted by Gasteiger charge is 2.19. The summed E-state index contributed by atoms with van der Waals surface area (Å²) in [5.41, 5.74) is 0.424. The molecule has 0 heterocycles. The van der Waals surface area contributed by atoms with Crippen LogP contribution in [0.25, 0.3) is 0 Å². The van der Waals surface area contributed by atoms with E-state index in [1.54, 1.807) is 18.2 Å². The molecule has 0 aliphatic heterocycles. The summed E-state index contributed by atoms with van der Waals surface area (Å²) < 4.78 is 38.1. The third-order valence-corrected chi connectivity index (χ3v) is 4.64. The van der Waals surface area contributed by atoms with Crippen molar-refractivity contribution in [2.75, 3.05) is 7.05 Å². The Balaban J connectivity index is 2.30. The second kappa shape index (κ2) is 6.24. The van der Waals surface area contributed by atoms with Gasteiger partial charge in [0.1, 0.15) is 5.82 Å². The van der Waals surface area contributed by atoms with Crippen LogP contribution in [0.5, 0.6) is 0 Å². The van der Waals surface area contributed by atoms with Gasteiger partial charge in [-0.3, -0.25) is 0 Å². The third-order valence-electron chi connectivity index (χ3n) is 2.70. The molecule has 0 saturated heterocycles. The molecule has 0 saturated carbocycles. The summed E-state index contributed by atoms with van der Waals surface area (Å²) in [6, 6.07) is 13.2. The molecular weight excluding hydrogens is 315 g/mol. The Labute approximate surface area is 127 Å². The maximum atomic E-state index is 12.8. The number of nitrogens with zero attached hydrogens (tertiary/aromatic N) is 2. The van der Waals surface area contributed by atoms with Crippen LogP contribution in [-0.4, -0.2) is 25.1 Å². The standard InChI is InChI=1S/C14H12ClFN2O2S/c1-18(21(19,20)13-5-3-2-4-6-13)17-14(15)11-7-9-12(16)10-8-11/h2-10H,1H3/b17-14+. The maximum absolute atomic E-state index is 12.8. The van der Waals surface area contributed by atoms with Crippen LogP contribution in [0.4, 0.5) is 4.39 Å². The molecule has 0 atom stereocenters. The van der Waals surface area contributed by atoms with Crippen molar-refractivity contribution in [3.8, 4) is 0 Å². The Hall–Kier alpha value is -1.92. The lowest BCUT2D eigenvalue weighted by atomic mass is 10.2. The van der Waals surface area contributed by atoms with Gasteiger partial charge in [-0.1, -0.05) is 29.8 Å². The Bertz CT molecular complexity index is 746. The van der Waals surface area contributed by atoms with Crippen LogP contribution in [-0.2, 0) is 10.0 Å². The number of hydrogen-bond donors (Lipinski definition) is 0. The molecule has 0 fully saturated rings. The molecule has 2 aromatic carbocycles. The molecule has 0 aliphatic rings. The summed E-state index contributed by atoms with van der Waals surface area (Å²) in [7, 11) is -2.48. The number of halogens is 2. The summed E-state index contributed by atoms with van der Waals surface area (Å²) >= 11 is 5.97. The second-order valence-electron chi connectivity index (χ2n) is 4.15. The molecular formula is C14H12ClFN2O2S. The maximum Gasteiger partial charge on any atom is 0.278 e. The van der Waals surface area contributed by atoms with Crippen molar-refractivity contribution < 1.29 is 12.8 Å². The van der Waals surface area contributed by atoms with E-state index in [1.165, 1.54) is 43.4 Å². The highest BCUT2D eigenvalue weighted by atomic mass is 35.5. The first-order valence-corrected chi connectivity index (χ1v) is 7.77. The quantitative estimate of drug-likeness (QED) is 0.640. The van der Waals surface area contributed by atoms with Crippen LogP contribution in [0.1, 0.15) is 5.56 Å². The number of benzene rings is 2. The topological polar surface area (TPSA) is 49.7 Å². The average Bonchev–Trinajstić information content (AvgIpc) is 2.48. The molecule has 0 bridgehead atoms. The zero-order valence-corrected chi connectivity index (χ0v) is 12.6. The van der Waals surface area contributed by atoms with Crippen molar-refractivity contribution >= 4 is 26.8 Å². The molecule has 0 aliphatic carbocycles. The Kier molecular flexibility index (Phi) is 4.59. The predicted molar refractivity (Wildman–Crippen MR) is 80.2 cm³/mol. The molecule has 2 rings (SSSR count).